The third-order valence-corrected chi connectivity index (χ3v) is 11.2. The molecule has 0 N–H and O–H groups in total. The number of rotatable bonds is 6. The fourth-order valence-electron chi connectivity index (χ4n) is 3.49. The molecule has 0 saturated heterocycles. The van der Waals surface area contributed by atoms with Gasteiger partial charge in [-0.25, -0.2) is 0 Å². The highest BCUT2D eigenvalue weighted by molar-refractivity contribution is 6.80. The summed E-state index contributed by atoms with van der Waals surface area (Å²) in [6.07, 6.45) is 0. The van der Waals surface area contributed by atoms with Crippen LogP contribution in [0.2, 0.25) is 16.1 Å². The average molecular weight is 291 g/mol. The minimum Gasteiger partial charge on any atom is -0.542 e. The van der Waals surface area contributed by atoms with Crippen molar-refractivity contribution in [3.05, 3.63) is 42.5 Å². The molecule has 1 nitrogen and oxygen atoms in total. The summed E-state index contributed by atoms with van der Waals surface area (Å²) in [6.45, 7) is 20.2. The van der Waals surface area contributed by atoms with Crippen LogP contribution in [-0.4, -0.2) is 8.32 Å². The third kappa shape index (κ3) is 2.85. The van der Waals surface area contributed by atoms with E-state index in [-0.39, 0.29) is 5.04 Å². The van der Waals surface area contributed by atoms with Crippen LogP contribution in [0.15, 0.2) is 42.5 Å². The molecule has 0 aliphatic rings. The van der Waals surface area contributed by atoms with Gasteiger partial charge in [0.15, 0.2) is 0 Å². The van der Waals surface area contributed by atoms with Gasteiger partial charge >= 0.3 is 0 Å². The summed E-state index contributed by atoms with van der Waals surface area (Å²) < 4.78 is 6.73. The maximum Gasteiger partial charge on any atom is 0.265 e. The fourth-order valence-corrected chi connectivity index (χ4v) is 9.63. The molecule has 0 fully saturated rings. The first-order chi connectivity index (χ1) is 9.16. The number of hydrogen-bond acceptors (Lipinski definition) is 1. The average Bonchev–Trinajstić information content (AvgIpc) is 2.35. The van der Waals surface area contributed by atoms with Crippen molar-refractivity contribution in [3.63, 3.8) is 0 Å². The highest BCUT2D eigenvalue weighted by atomic mass is 28.4. The first kappa shape index (κ1) is 17.0. The zero-order valence-electron chi connectivity index (χ0n) is 14.2. The maximum atomic E-state index is 6.73. The summed E-state index contributed by atoms with van der Waals surface area (Å²) in [5.74, 6) is 0.996. The van der Waals surface area contributed by atoms with E-state index in [1.165, 1.54) is 5.57 Å². The largest absolute Gasteiger partial charge is 0.542 e. The summed E-state index contributed by atoms with van der Waals surface area (Å²) in [5, 5.41) is 0.0329. The molecule has 0 bridgehead atoms. The zero-order chi connectivity index (χ0) is 15.6. The monoisotopic (exact) mass is 290 g/mol. The summed E-state index contributed by atoms with van der Waals surface area (Å²) >= 11 is 0. The summed E-state index contributed by atoms with van der Waals surface area (Å²) in [5.41, 5.74) is 2.27. The van der Waals surface area contributed by atoms with Gasteiger partial charge in [-0.3, -0.25) is 0 Å². The molecule has 0 aliphatic carbocycles. The van der Waals surface area contributed by atoms with Crippen molar-refractivity contribution in [3.8, 4) is 5.75 Å². The van der Waals surface area contributed by atoms with E-state index in [4.69, 9.17) is 4.43 Å². The highest BCUT2D eigenvalue weighted by Crippen LogP contribution is 2.54. The van der Waals surface area contributed by atoms with Crippen LogP contribution in [0, 0.1) is 0 Å². The van der Waals surface area contributed by atoms with E-state index in [1.807, 2.05) is 18.2 Å². The van der Waals surface area contributed by atoms with Crippen molar-refractivity contribution >= 4 is 8.32 Å². The Morgan fingerprint density at radius 1 is 1.05 bits per heavy atom. The minimum atomic E-state index is -2.08. The molecule has 0 heterocycles. The van der Waals surface area contributed by atoms with E-state index >= 15 is 0 Å². The normalized spacial score (nSPS) is 12.8. The van der Waals surface area contributed by atoms with E-state index in [1.54, 1.807) is 0 Å². The first-order valence-electron chi connectivity index (χ1n) is 7.56. The molecule has 0 spiro atoms. The SMILES string of the molecule is C=C(C)C(C)(C)[Si](Oc1ccccc1)(C(C)C)C(C)C. The second-order valence-corrected chi connectivity index (χ2v) is 12.3. The Balaban J connectivity index is 3.37. The Kier molecular flexibility index (Phi) is 5.25. The number of benzene rings is 1. The fraction of sp³-hybridized carbons (Fsp3) is 0.556. The summed E-state index contributed by atoms with van der Waals surface area (Å²) in [6, 6.07) is 10.3. The van der Waals surface area contributed by atoms with E-state index < -0.39 is 8.32 Å². The standard InChI is InChI=1S/C18H30OSi/c1-14(2)18(7,8)20(15(3)4,16(5)6)19-17-12-10-9-11-13-17/h9-13,15-16H,1H2,2-8H3. The third-order valence-electron chi connectivity index (χ3n) is 4.79. The smallest absolute Gasteiger partial charge is 0.265 e. The van der Waals surface area contributed by atoms with Gasteiger partial charge in [-0.05, 0) is 30.1 Å². The minimum absolute atomic E-state index is 0.0329. The number of allylic oxidation sites excluding steroid dienone is 1. The van der Waals surface area contributed by atoms with Gasteiger partial charge in [0, 0.05) is 5.04 Å². The summed E-state index contributed by atoms with van der Waals surface area (Å²) in [7, 11) is -2.08. The van der Waals surface area contributed by atoms with E-state index in [0.717, 1.165) is 5.75 Å². The Morgan fingerprint density at radius 2 is 1.50 bits per heavy atom. The molecule has 0 aliphatic heterocycles. The van der Waals surface area contributed by atoms with Crippen molar-refractivity contribution in [2.24, 2.45) is 0 Å². The van der Waals surface area contributed by atoms with Gasteiger partial charge in [0.2, 0.25) is 0 Å². The predicted molar refractivity (Wildman–Crippen MR) is 91.9 cm³/mol. The number of para-hydroxylation sites is 1. The molecule has 2 heteroatoms. The van der Waals surface area contributed by atoms with Crippen LogP contribution in [0.1, 0.15) is 48.5 Å². The van der Waals surface area contributed by atoms with Crippen LogP contribution in [0.25, 0.3) is 0 Å². The van der Waals surface area contributed by atoms with E-state index in [0.29, 0.717) is 11.1 Å². The molecule has 112 valence electrons. The molecule has 0 aromatic heterocycles. The molecular formula is C18H30OSi. The molecule has 0 unspecified atom stereocenters. The van der Waals surface area contributed by atoms with E-state index in [9.17, 15) is 0 Å². The topological polar surface area (TPSA) is 9.23 Å². The molecule has 1 aromatic rings. The zero-order valence-corrected chi connectivity index (χ0v) is 15.2. The quantitative estimate of drug-likeness (QED) is 0.448. The lowest BCUT2D eigenvalue weighted by Crippen LogP contribution is -2.56. The molecule has 0 amide bonds. The van der Waals surface area contributed by atoms with Crippen molar-refractivity contribution in [2.45, 2.75) is 64.6 Å². The van der Waals surface area contributed by atoms with Crippen LogP contribution in [-0.2, 0) is 0 Å². The Labute approximate surface area is 126 Å². The molecule has 1 aromatic carbocycles. The van der Waals surface area contributed by atoms with Crippen molar-refractivity contribution < 1.29 is 4.43 Å². The molecular weight excluding hydrogens is 260 g/mol. The van der Waals surface area contributed by atoms with E-state index in [2.05, 4.69) is 67.2 Å². The van der Waals surface area contributed by atoms with Gasteiger partial charge in [-0.1, -0.05) is 71.9 Å². The molecule has 0 atom stereocenters. The lowest BCUT2D eigenvalue weighted by molar-refractivity contribution is 0.449. The lowest BCUT2D eigenvalue weighted by Gasteiger charge is -2.50. The lowest BCUT2D eigenvalue weighted by atomic mass is 10.1. The van der Waals surface area contributed by atoms with Crippen molar-refractivity contribution in [1.29, 1.82) is 0 Å². The number of hydrogen-bond donors (Lipinski definition) is 0. The molecule has 1 rings (SSSR count). The first-order valence-corrected chi connectivity index (χ1v) is 9.62. The van der Waals surface area contributed by atoms with Crippen molar-refractivity contribution in [2.75, 3.05) is 0 Å². The van der Waals surface area contributed by atoms with Crippen molar-refractivity contribution in [1.82, 2.24) is 0 Å². The van der Waals surface area contributed by atoms with Crippen LogP contribution in [0.3, 0.4) is 0 Å². The summed E-state index contributed by atoms with van der Waals surface area (Å²) in [4.78, 5) is 0. The Bertz CT molecular complexity index is 438. The van der Waals surface area contributed by atoms with Gasteiger partial charge in [-0.15, -0.1) is 0 Å². The second kappa shape index (κ2) is 6.17. The van der Waals surface area contributed by atoms with Gasteiger partial charge in [0.05, 0.1) is 0 Å². The molecule has 0 radical (unpaired) electrons. The van der Waals surface area contributed by atoms with Crippen LogP contribution in [0.4, 0.5) is 0 Å². The second-order valence-electron chi connectivity index (χ2n) is 6.92. The highest BCUT2D eigenvalue weighted by Gasteiger charge is 2.56. The Morgan fingerprint density at radius 3 is 1.85 bits per heavy atom. The van der Waals surface area contributed by atoms with Crippen LogP contribution >= 0.6 is 0 Å². The van der Waals surface area contributed by atoms with Gasteiger partial charge < -0.3 is 4.43 Å². The van der Waals surface area contributed by atoms with Gasteiger partial charge in [0.1, 0.15) is 5.75 Å². The predicted octanol–water partition coefficient (Wildman–Crippen LogP) is 6.19. The van der Waals surface area contributed by atoms with Gasteiger partial charge in [-0.2, -0.15) is 0 Å². The van der Waals surface area contributed by atoms with Gasteiger partial charge in [0.25, 0.3) is 8.32 Å². The Hall–Kier alpha value is -1.02. The molecule has 0 saturated carbocycles. The van der Waals surface area contributed by atoms with Crippen LogP contribution in [0.5, 0.6) is 5.75 Å². The maximum absolute atomic E-state index is 6.73. The molecule has 20 heavy (non-hydrogen) atoms. The van der Waals surface area contributed by atoms with Crippen LogP contribution < -0.4 is 4.43 Å².